The molecule has 1 aliphatic carbocycles. The summed E-state index contributed by atoms with van der Waals surface area (Å²) in [5.74, 6) is -0.504. The highest BCUT2D eigenvalue weighted by Crippen LogP contribution is 2.61. The van der Waals surface area contributed by atoms with Gasteiger partial charge in [0.25, 0.3) is 0 Å². The highest BCUT2D eigenvalue weighted by molar-refractivity contribution is 7.92. The van der Waals surface area contributed by atoms with E-state index in [2.05, 4.69) is 0 Å². The molecular weight excluding hydrogens is 267 g/mol. The minimum Gasteiger partial charge on any atom is -0.330 e. The second kappa shape index (κ2) is 4.85. The zero-order valence-electron chi connectivity index (χ0n) is 10.8. The molecule has 0 heterocycles. The fourth-order valence-electron chi connectivity index (χ4n) is 2.94. The Balaban J connectivity index is 2.42. The first-order valence-electron chi connectivity index (χ1n) is 6.30. The van der Waals surface area contributed by atoms with Gasteiger partial charge in [0.05, 0.1) is 5.25 Å². The van der Waals surface area contributed by atoms with E-state index in [4.69, 9.17) is 11.5 Å². The molecule has 0 amide bonds. The summed E-state index contributed by atoms with van der Waals surface area (Å²) in [4.78, 5) is 0. The normalized spacial score (nSPS) is 25.3. The van der Waals surface area contributed by atoms with Crippen molar-refractivity contribution in [3.8, 4) is 0 Å². The lowest BCUT2D eigenvalue weighted by atomic mass is 9.99. The molecule has 4 nitrogen and oxygen atoms in total. The van der Waals surface area contributed by atoms with E-state index in [0.717, 1.165) is 5.56 Å². The smallest absolute Gasteiger partial charge is 0.154 e. The molecule has 0 bridgehead atoms. The summed E-state index contributed by atoms with van der Waals surface area (Å²) in [5, 5.41) is -0.550. The Morgan fingerprint density at radius 1 is 1.21 bits per heavy atom. The lowest BCUT2D eigenvalue weighted by Crippen LogP contribution is -2.31. The Morgan fingerprint density at radius 2 is 1.74 bits per heavy atom. The standard InChI is InChI=1S/C13H19FN2O2S/c1-2-19(17,18)12-11(13(12,7-15)8-16)9-3-5-10(14)6-4-9/h3-6,11-12H,2,7-8,15-16H2,1H3/t11-,12-/m0/s1. The third-order valence-electron chi connectivity index (χ3n) is 4.16. The third kappa shape index (κ3) is 2.17. The first-order chi connectivity index (χ1) is 8.93. The van der Waals surface area contributed by atoms with Crippen LogP contribution in [0, 0.1) is 11.2 Å². The summed E-state index contributed by atoms with van der Waals surface area (Å²) in [6.07, 6.45) is 0. The van der Waals surface area contributed by atoms with Crippen molar-refractivity contribution in [2.75, 3.05) is 18.8 Å². The Kier molecular flexibility index (Phi) is 3.68. The average molecular weight is 286 g/mol. The molecule has 1 aromatic carbocycles. The second-order valence-corrected chi connectivity index (χ2v) is 7.45. The van der Waals surface area contributed by atoms with Crippen molar-refractivity contribution in [1.29, 1.82) is 0 Å². The number of halogens is 1. The predicted molar refractivity (Wildman–Crippen MR) is 72.9 cm³/mol. The highest BCUT2D eigenvalue weighted by atomic mass is 32.2. The number of benzene rings is 1. The first-order valence-corrected chi connectivity index (χ1v) is 8.01. The van der Waals surface area contributed by atoms with E-state index in [0.29, 0.717) is 0 Å². The van der Waals surface area contributed by atoms with Gasteiger partial charge in [-0.2, -0.15) is 0 Å². The van der Waals surface area contributed by atoms with Crippen molar-refractivity contribution in [1.82, 2.24) is 0 Å². The number of hydrogen-bond acceptors (Lipinski definition) is 4. The molecular formula is C13H19FN2O2S. The SMILES string of the molecule is CCS(=O)(=O)[C@H]1[C@H](c2ccc(F)cc2)C1(CN)CN. The van der Waals surface area contributed by atoms with Crippen molar-refractivity contribution in [2.24, 2.45) is 16.9 Å². The van der Waals surface area contributed by atoms with Crippen molar-refractivity contribution in [3.05, 3.63) is 35.6 Å². The van der Waals surface area contributed by atoms with Gasteiger partial charge in [0, 0.05) is 30.2 Å². The molecule has 1 aromatic rings. The lowest BCUT2D eigenvalue weighted by molar-refractivity contribution is 0.510. The molecule has 6 heteroatoms. The Bertz CT molecular complexity index is 553. The molecule has 2 rings (SSSR count). The van der Waals surface area contributed by atoms with E-state index in [1.54, 1.807) is 19.1 Å². The van der Waals surface area contributed by atoms with Gasteiger partial charge in [-0.05, 0) is 17.7 Å². The van der Waals surface area contributed by atoms with Gasteiger partial charge in [-0.25, -0.2) is 12.8 Å². The number of hydrogen-bond donors (Lipinski definition) is 2. The van der Waals surface area contributed by atoms with Crippen LogP contribution in [0.3, 0.4) is 0 Å². The van der Waals surface area contributed by atoms with E-state index in [1.165, 1.54) is 12.1 Å². The van der Waals surface area contributed by atoms with Crippen LogP contribution in [-0.2, 0) is 9.84 Å². The zero-order chi connectivity index (χ0) is 14.3. The van der Waals surface area contributed by atoms with Crippen molar-refractivity contribution < 1.29 is 12.8 Å². The predicted octanol–water partition coefficient (Wildman–Crippen LogP) is 0.630. The van der Waals surface area contributed by atoms with E-state index in [9.17, 15) is 12.8 Å². The fraction of sp³-hybridized carbons (Fsp3) is 0.538. The van der Waals surface area contributed by atoms with Crippen LogP contribution >= 0.6 is 0 Å². The monoisotopic (exact) mass is 286 g/mol. The van der Waals surface area contributed by atoms with Crippen LogP contribution in [0.5, 0.6) is 0 Å². The van der Waals surface area contributed by atoms with Crippen LogP contribution in [0.1, 0.15) is 18.4 Å². The molecule has 0 saturated heterocycles. The molecule has 106 valence electrons. The molecule has 0 aliphatic heterocycles. The Morgan fingerprint density at radius 3 is 2.16 bits per heavy atom. The van der Waals surface area contributed by atoms with Gasteiger partial charge in [0.2, 0.25) is 0 Å². The highest BCUT2D eigenvalue weighted by Gasteiger charge is 2.68. The maximum atomic E-state index is 13.0. The maximum Gasteiger partial charge on any atom is 0.154 e. The molecule has 19 heavy (non-hydrogen) atoms. The van der Waals surface area contributed by atoms with Crippen LogP contribution in [0.2, 0.25) is 0 Å². The Labute approximate surface area is 112 Å². The minimum absolute atomic E-state index is 0.0666. The quantitative estimate of drug-likeness (QED) is 0.831. The van der Waals surface area contributed by atoms with Crippen LogP contribution in [0.15, 0.2) is 24.3 Å². The molecule has 1 fully saturated rings. The van der Waals surface area contributed by atoms with E-state index < -0.39 is 20.5 Å². The lowest BCUT2D eigenvalue weighted by Gasteiger charge is -2.12. The van der Waals surface area contributed by atoms with Crippen molar-refractivity contribution in [3.63, 3.8) is 0 Å². The summed E-state index contributed by atoms with van der Waals surface area (Å²) < 4.78 is 37.3. The van der Waals surface area contributed by atoms with Gasteiger partial charge < -0.3 is 11.5 Å². The van der Waals surface area contributed by atoms with Gasteiger partial charge in [-0.15, -0.1) is 0 Å². The second-order valence-electron chi connectivity index (χ2n) is 5.04. The summed E-state index contributed by atoms with van der Waals surface area (Å²) in [5.41, 5.74) is 11.7. The van der Waals surface area contributed by atoms with Crippen LogP contribution in [0.25, 0.3) is 0 Å². The fourth-order valence-corrected chi connectivity index (χ4v) is 5.12. The largest absolute Gasteiger partial charge is 0.330 e. The average Bonchev–Trinajstić information content (AvgIpc) is 3.10. The summed E-state index contributed by atoms with van der Waals surface area (Å²) in [6, 6.07) is 5.90. The molecule has 0 unspecified atom stereocenters. The summed E-state index contributed by atoms with van der Waals surface area (Å²) >= 11 is 0. The van der Waals surface area contributed by atoms with Gasteiger partial charge in [0.15, 0.2) is 9.84 Å². The summed E-state index contributed by atoms with van der Waals surface area (Å²) in [6.45, 7) is 2.05. The summed E-state index contributed by atoms with van der Waals surface area (Å²) in [7, 11) is -3.22. The van der Waals surface area contributed by atoms with Crippen LogP contribution < -0.4 is 11.5 Å². The van der Waals surface area contributed by atoms with Crippen LogP contribution in [0.4, 0.5) is 4.39 Å². The molecule has 2 atom stereocenters. The minimum atomic E-state index is -3.22. The Hall–Kier alpha value is -0.980. The molecule has 1 aliphatic rings. The molecule has 4 N–H and O–H groups in total. The van der Waals surface area contributed by atoms with E-state index in [1.807, 2.05) is 0 Å². The molecule has 1 saturated carbocycles. The van der Waals surface area contributed by atoms with Gasteiger partial charge in [-0.3, -0.25) is 0 Å². The number of nitrogens with two attached hydrogens (primary N) is 2. The van der Waals surface area contributed by atoms with Crippen LogP contribution in [-0.4, -0.2) is 32.5 Å². The molecule has 0 radical (unpaired) electrons. The van der Waals surface area contributed by atoms with Gasteiger partial charge in [-0.1, -0.05) is 19.1 Å². The molecule has 0 aromatic heterocycles. The van der Waals surface area contributed by atoms with Gasteiger partial charge in [0.1, 0.15) is 5.82 Å². The topological polar surface area (TPSA) is 86.2 Å². The van der Waals surface area contributed by atoms with E-state index >= 15 is 0 Å². The molecule has 0 spiro atoms. The maximum absolute atomic E-state index is 13.0. The number of rotatable bonds is 5. The number of sulfone groups is 1. The van der Waals surface area contributed by atoms with Gasteiger partial charge >= 0.3 is 0 Å². The zero-order valence-corrected chi connectivity index (χ0v) is 11.7. The third-order valence-corrected chi connectivity index (χ3v) is 6.48. The van der Waals surface area contributed by atoms with E-state index in [-0.39, 0.29) is 30.6 Å². The first kappa shape index (κ1) is 14.4. The van der Waals surface area contributed by atoms with Crippen molar-refractivity contribution in [2.45, 2.75) is 18.1 Å². The van der Waals surface area contributed by atoms with Crippen molar-refractivity contribution >= 4 is 9.84 Å².